The molecule has 94 valence electrons. The zero-order chi connectivity index (χ0) is 12.6. The lowest BCUT2D eigenvalue weighted by Gasteiger charge is -2.19. The molecule has 1 saturated carbocycles. The number of benzene rings is 1. The first-order valence-electron chi connectivity index (χ1n) is 6.41. The Kier molecular flexibility index (Phi) is 3.53. The summed E-state index contributed by atoms with van der Waals surface area (Å²) in [5.74, 6) is 0. The van der Waals surface area contributed by atoms with Gasteiger partial charge in [0, 0.05) is 16.2 Å². The summed E-state index contributed by atoms with van der Waals surface area (Å²) in [5.41, 5.74) is 4.40. The third-order valence-electron chi connectivity index (χ3n) is 3.78. The number of anilines is 1. The quantitative estimate of drug-likeness (QED) is 0.804. The topological polar surface area (TPSA) is 12.0 Å². The van der Waals surface area contributed by atoms with Gasteiger partial charge in [0.15, 0.2) is 0 Å². The monoisotopic (exact) mass is 295 g/mol. The summed E-state index contributed by atoms with van der Waals surface area (Å²) in [7, 11) is 0. The minimum atomic E-state index is 0.511. The highest BCUT2D eigenvalue weighted by molar-refractivity contribution is 9.10. The summed E-state index contributed by atoms with van der Waals surface area (Å²) < 4.78 is 1.23. The summed E-state index contributed by atoms with van der Waals surface area (Å²) in [6.45, 7) is 9.04. The maximum atomic E-state index is 3.68. The van der Waals surface area contributed by atoms with Gasteiger partial charge >= 0.3 is 0 Å². The smallest absolute Gasteiger partial charge is 0.0348 e. The summed E-state index contributed by atoms with van der Waals surface area (Å²) in [5, 5.41) is 3.68. The molecule has 0 radical (unpaired) electrons. The van der Waals surface area contributed by atoms with Crippen LogP contribution in [0.25, 0.3) is 0 Å². The van der Waals surface area contributed by atoms with Crippen molar-refractivity contribution in [2.24, 2.45) is 5.41 Å². The van der Waals surface area contributed by atoms with Gasteiger partial charge in [-0.15, -0.1) is 0 Å². The molecule has 1 fully saturated rings. The fraction of sp³-hybridized carbons (Fsp3) is 0.600. The third-order valence-corrected chi connectivity index (χ3v) is 5.03. The molecule has 0 aromatic heterocycles. The van der Waals surface area contributed by atoms with Crippen LogP contribution in [0.3, 0.4) is 0 Å². The average Bonchev–Trinajstić information content (AvgIpc) is 2.54. The van der Waals surface area contributed by atoms with Crippen molar-refractivity contribution in [1.29, 1.82) is 0 Å². The molecule has 0 spiro atoms. The minimum absolute atomic E-state index is 0.511. The summed E-state index contributed by atoms with van der Waals surface area (Å²) >= 11 is 3.62. The van der Waals surface area contributed by atoms with Crippen LogP contribution in [0, 0.1) is 19.3 Å². The molecule has 0 bridgehead atoms. The second-order valence-electron chi connectivity index (χ2n) is 6.17. The molecular formula is C15H22BrN. The molecule has 1 aromatic carbocycles. The van der Waals surface area contributed by atoms with E-state index in [1.807, 2.05) is 0 Å². The molecule has 2 rings (SSSR count). The van der Waals surface area contributed by atoms with E-state index in [9.17, 15) is 0 Å². The largest absolute Gasteiger partial charge is 0.382 e. The Bertz CT molecular complexity index is 400. The second-order valence-corrected chi connectivity index (χ2v) is 6.97. The first kappa shape index (κ1) is 12.9. The SMILES string of the molecule is Cc1cc(NC2CCC(C)(C)C2)cc(C)c1Br. The van der Waals surface area contributed by atoms with Crippen molar-refractivity contribution in [3.05, 3.63) is 27.7 Å². The molecule has 17 heavy (non-hydrogen) atoms. The number of hydrogen-bond acceptors (Lipinski definition) is 1. The van der Waals surface area contributed by atoms with Crippen LogP contribution in [0.1, 0.15) is 44.2 Å². The molecule has 1 aliphatic rings. The van der Waals surface area contributed by atoms with Gasteiger partial charge in [0.05, 0.1) is 0 Å². The van der Waals surface area contributed by atoms with E-state index >= 15 is 0 Å². The van der Waals surface area contributed by atoms with Crippen LogP contribution < -0.4 is 5.32 Å². The Morgan fingerprint density at radius 3 is 2.29 bits per heavy atom. The number of nitrogens with one attached hydrogen (secondary N) is 1. The molecule has 0 aliphatic heterocycles. The molecule has 0 heterocycles. The number of hydrogen-bond donors (Lipinski definition) is 1. The number of aryl methyl sites for hydroxylation is 2. The van der Waals surface area contributed by atoms with E-state index < -0.39 is 0 Å². The molecule has 2 heteroatoms. The van der Waals surface area contributed by atoms with Crippen molar-refractivity contribution in [2.75, 3.05) is 5.32 Å². The van der Waals surface area contributed by atoms with Crippen LogP contribution >= 0.6 is 15.9 Å². The second kappa shape index (κ2) is 4.64. The molecule has 0 amide bonds. The van der Waals surface area contributed by atoms with Crippen LogP contribution in [0.4, 0.5) is 5.69 Å². The van der Waals surface area contributed by atoms with Crippen molar-refractivity contribution in [3.8, 4) is 0 Å². The lowest BCUT2D eigenvalue weighted by atomic mass is 9.92. The summed E-state index contributed by atoms with van der Waals surface area (Å²) in [6.07, 6.45) is 3.90. The number of rotatable bonds is 2. The van der Waals surface area contributed by atoms with E-state index in [0.717, 1.165) is 0 Å². The molecule has 1 aromatic rings. The lowest BCUT2D eigenvalue weighted by Crippen LogP contribution is -2.17. The van der Waals surface area contributed by atoms with E-state index in [4.69, 9.17) is 0 Å². The van der Waals surface area contributed by atoms with Crippen LogP contribution in [0.2, 0.25) is 0 Å². The third kappa shape index (κ3) is 3.04. The van der Waals surface area contributed by atoms with Gasteiger partial charge in [0.2, 0.25) is 0 Å². The summed E-state index contributed by atoms with van der Waals surface area (Å²) in [6, 6.07) is 5.12. The first-order valence-corrected chi connectivity index (χ1v) is 7.20. The normalized spacial score (nSPS) is 22.8. The van der Waals surface area contributed by atoms with Crippen molar-refractivity contribution < 1.29 is 0 Å². The van der Waals surface area contributed by atoms with Crippen molar-refractivity contribution in [1.82, 2.24) is 0 Å². The van der Waals surface area contributed by atoms with Gasteiger partial charge < -0.3 is 5.32 Å². The predicted molar refractivity (Wildman–Crippen MR) is 78.7 cm³/mol. The fourth-order valence-electron chi connectivity index (χ4n) is 2.82. The van der Waals surface area contributed by atoms with Gasteiger partial charge in [0.25, 0.3) is 0 Å². The highest BCUT2D eigenvalue weighted by Gasteiger charge is 2.30. The van der Waals surface area contributed by atoms with Gasteiger partial charge in [-0.3, -0.25) is 0 Å². The molecule has 1 N–H and O–H groups in total. The molecule has 1 atom stereocenters. The van der Waals surface area contributed by atoms with E-state index in [1.54, 1.807) is 0 Å². The highest BCUT2D eigenvalue weighted by Crippen LogP contribution is 2.38. The fourth-order valence-corrected chi connectivity index (χ4v) is 3.05. The van der Waals surface area contributed by atoms with Gasteiger partial charge in [0.1, 0.15) is 0 Å². The highest BCUT2D eigenvalue weighted by atomic mass is 79.9. The Morgan fingerprint density at radius 1 is 1.24 bits per heavy atom. The van der Waals surface area contributed by atoms with Crippen molar-refractivity contribution in [3.63, 3.8) is 0 Å². The van der Waals surface area contributed by atoms with Crippen LogP contribution in [0.5, 0.6) is 0 Å². The Balaban J connectivity index is 2.10. The molecule has 0 saturated heterocycles. The Morgan fingerprint density at radius 2 is 1.82 bits per heavy atom. The van der Waals surface area contributed by atoms with Crippen molar-refractivity contribution in [2.45, 2.75) is 53.0 Å². The predicted octanol–water partition coefficient (Wildman–Crippen LogP) is 5.06. The van der Waals surface area contributed by atoms with Crippen LogP contribution in [-0.2, 0) is 0 Å². The summed E-state index contributed by atoms with van der Waals surface area (Å²) in [4.78, 5) is 0. The minimum Gasteiger partial charge on any atom is -0.382 e. The molecule has 1 nitrogen and oxygen atoms in total. The zero-order valence-corrected chi connectivity index (χ0v) is 12.8. The standard InChI is InChI=1S/C15H22BrN/c1-10-7-13(8-11(2)14(10)16)17-12-5-6-15(3,4)9-12/h7-8,12,17H,5-6,9H2,1-4H3. The van der Waals surface area contributed by atoms with Gasteiger partial charge in [-0.25, -0.2) is 0 Å². The molecule has 1 aliphatic carbocycles. The Labute approximate surface area is 113 Å². The van der Waals surface area contributed by atoms with Gasteiger partial charge in [-0.2, -0.15) is 0 Å². The molecule has 1 unspecified atom stereocenters. The van der Waals surface area contributed by atoms with Crippen LogP contribution in [0.15, 0.2) is 16.6 Å². The van der Waals surface area contributed by atoms with Gasteiger partial charge in [-0.1, -0.05) is 29.8 Å². The van der Waals surface area contributed by atoms with E-state index in [1.165, 1.54) is 40.5 Å². The van der Waals surface area contributed by atoms with Gasteiger partial charge in [-0.05, 0) is 61.8 Å². The maximum absolute atomic E-state index is 3.68. The van der Waals surface area contributed by atoms with Crippen molar-refractivity contribution >= 4 is 21.6 Å². The zero-order valence-electron chi connectivity index (χ0n) is 11.2. The van der Waals surface area contributed by atoms with E-state index in [2.05, 4.69) is 61.1 Å². The lowest BCUT2D eigenvalue weighted by molar-refractivity contribution is 0.378. The molecular weight excluding hydrogens is 274 g/mol. The average molecular weight is 296 g/mol. The van der Waals surface area contributed by atoms with Crippen LogP contribution in [-0.4, -0.2) is 6.04 Å². The maximum Gasteiger partial charge on any atom is 0.0348 e. The first-order chi connectivity index (χ1) is 7.87. The Hall–Kier alpha value is -0.500. The van der Waals surface area contributed by atoms with E-state index in [-0.39, 0.29) is 0 Å². The number of halogens is 1. The van der Waals surface area contributed by atoms with E-state index in [0.29, 0.717) is 11.5 Å².